The maximum atomic E-state index is 5.68. The summed E-state index contributed by atoms with van der Waals surface area (Å²) >= 11 is 1.80. The number of nitrogens with zero attached hydrogens (tertiary/aromatic N) is 1. The second-order valence-corrected chi connectivity index (χ2v) is 5.58. The number of hydrogen-bond donors (Lipinski definition) is 1. The van der Waals surface area contributed by atoms with Crippen LogP contribution in [0.2, 0.25) is 0 Å². The van der Waals surface area contributed by atoms with E-state index in [2.05, 4.69) is 37.0 Å². The Bertz CT molecular complexity index is 431. The standard InChI is InChI=1S/C13H18N2S/c1-9(10(2)8-14)7-13-15-11-5-3-4-6-12(11)16-13/h3-6,9-10H,7-8,14H2,1-2H3. The van der Waals surface area contributed by atoms with Crippen LogP contribution in [0.15, 0.2) is 24.3 Å². The molecule has 0 bridgehead atoms. The van der Waals surface area contributed by atoms with Crippen molar-refractivity contribution in [1.29, 1.82) is 0 Å². The van der Waals surface area contributed by atoms with Gasteiger partial charge < -0.3 is 5.73 Å². The largest absolute Gasteiger partial charge is 0.330 e. The van der Waals surface area contributed by atoms with Gasteiger partial charge in [-0.05, 0) is 30.5 Å². The molecule has 0 fully saturated rings. The van der Waals surface area contributed by atoms with E-state index in [0.29, 0.717) is 11.8 Å². The zero-order valence-corrected chi connectivity index (χ0v) is 10.6. The predicted molar refractivity (Wildman–Crippen MR) is 70.7 cm³/mol. The van der Waals surface area contributed by atoms with E-state index in [-0.39, 0.29) is 0 Å². The fourth-order valence-electron chi connectivity index (χ4n) is 1.72. The Kier molecular flexibility index (Phi) is 3.56. The third kappa shape index (κ3) is 2.42. The fraction of sp³-hybridized carbons (Fsp3) is 0.462. The minimum absolute atomic E-state index is 0.562. The lowest BCUT2D eigenvalue weighted by Crippen LogP contribution is -2.19. The van der Waals surface area contributed by atoms with Gasteiger partial charge in [-0.1, -0.05) is 26.0 Å². The lowest BCUT2D eigenvalue weighted by Gasteiger charge is -2.16. The molecule has 0 aliphatic rings. The summed E-state index contributed by atoms with van der Waals surface area (Å²) in [5.74, 6) is 1.16. The number of fused-ring (bicyclic) bond motifs is 1. The van der Waals surface area contributed by atoms with E-state index in [4.69, 9.17) is 5.73 Å². The van der Waals surface area contributed by atoms with Crippen LogP contribution in [0.5, 0.6) is 0 Å². The minimum atomic E-state index is 0.562. The summed E-state index contributed by atoms with van der Waals surface area (Å²) in [6.45, 7) is 5.22. The molecular weight excluding hydrogens is 216 g/mol. The van der Waals surface area contributed by atoms with Crippen molar-refractivity contribution in [3.8, 4) is 0 Å². The summed E-state index contributed by atoms with van der Waals surface area (Å²) in [4.78, 5) is 4.65. The maximum absolute atomic E-state index is 5.68. The molecule has 1 aromatic carbocycles. The molecule has 2 rings (SSSR count). The van der Waals surface area contributed by atoms with Crippen LogP contribution in [0.1, 0.15) is 18.9 Å². The summed E-state index contributed by atoms with van der Waals surface area (Å²) in [7, 11) is 0. The summed E-state index contributed by atoms with van der Waals surface area (Å²) in [5.41, 5.74) is 6.81. The Labute approximate surface area is 101 Å². The molecule has 2 nitrogen and oxygen atoms in total. The molecule has 0 aliphatic heterocycles. The van der Waals surface area contributed by atoms with Gasteiger partial charge in [0.05, 0.1) is 15.2 Å². The van der Waals surface area contributed by atoms with Gasteiger partial charge in [0.1, 0.15) is 0 Å². The summed E-state index contributed by atoms with van der Waals surface area (Å²) < 4.78 is 1.28. The Morgan fingerprint density at radius 3 is 2.69 bits per heavy atom. The van der Waals surface area contributed by atoms with E-state index in [1.54, 1.807) is 11.3 Å². The first-order valence-corrected chi connectivity index (χ1v) is 6.57. The van der Waals surface area contributed by atoms with Gasteiger partial charge >= 0.3 is 0 Å². The molecule has 0 radical (unpaired) electrons. The summed E-state index contributed by atoms with van der Waals surface area (Å²) in [5, 5.41) is 1.23. The number of nitrogens with two attached hydrogens (primary N) is 1. The molecule has 86 valence electrons. The van der Waals surface area contributed by atoms with E-state index in [0.717, 1.165) is 18.5 Å². The average molecular weight is 234 g/mol. The van der Waals surface area contributed by atoms with Gasteiger partial charge in [-0.2, -0.15) is 0 Å². The fourth-order valence-corrected chi connectivity index (χ4v) is 2.83. The quantitative estimate of drug-likeness (QED) is 0.883. The molecule has 1 aromatic heterocycles. The first-order valence-electron chi connectivity index (χ1n) is 5.75. The Hall–Kier alpha value is -0.930. The Balaban J connectivity index is 2.15. The van der Waals surface area contributed by atoms with E-state index in [1.807, 2.05) is 6.07 Å². The van der Waals surface area contributed by atoms with E-state index >= 15 is 0 Å². The van der Waals surface area contributed by atoms with Crippen LogP contribution in [0.25, 0.3) is 10.2 Å². The minimum Gasteiger partial charge on any atom is -0.330 e. The van der Waals surface area contributed by atoms with Crippen LogP contribution in [-0.4, -0.2) is 11.5 Å². The summed E-state index contributed by atoms with van der Waals surface area (Å²) in [6.07, 6.45) is 1.04. The zero-order chi connectivity index (χ0) is 11.5. The number of hydrogen-bond acceptors (Lipinski definition) is 3. The highest BCUT2D eigenvalue weighted by Gasteiger charge is 2.13. The highest BCUT2D eigenvalue weighted by atomic mass is 32.1. The molecule has 0 saturated heterocycles. The number of thiazole rings is 1. The predicted octanol–water partition coefficient (Wildman–Crippen LogP) is 3.07. The molecule has 16 heavy (non-hydrogen) atoms. The molecular formula is C13H18N2S. The summed E-state index contributed by atoms with van der Waals surface area (Å²) in [6, 6.07) is 8.31. The van der Waals surface area contributed by atoms with Crippen molar-refractivity contribution >= 4 is 21.6 Å². The molecule has 0 amide bonds. The molecule has 0 saturated carbocycles. The van der Waals surface area contributed by atoms with Crippen LogP contribution in [-0.2, 0) is 6.42 Å². The first kappa shape index (κ1) is 11.6. The van der Waals surface area contributed by atoms with Crippen LogP contribution in [0.4, 0.5) is 0 Å². The van der Waals surface area contributed by atoms with Crippen molar-refractivity contribution in [3.63, 3.8) is 0 Å². The number of rotatable bonds is 4. The van der Waals surface area contributed by atoms with Crippen LogP contribution in [0, 0.1) is 11.8 Å². The second kappa shape index (κ2) is 4.93. The van der Waals surface area contributed by atoms with Crippen LogP contribution < -0.4 is 5.73 Å². The SMILES string of the molecule is CC(CN)C(C)Cc1nc2ccccc2s1. The van der Waals surface area contributed by atoms with Crippen molar-refractivity contribution < 1.29 is 0 Å². The van der Waals surface area contributed by atoms with Gasteiger partial charge in [0, 0.05) is 6.42 Å². The Morgan fingerprint density at radius 2 is 2.00 bits per heavy atom. The molecule has 3 heteroatoms. The van der Waals surface area contributed by atoms with Crippen molar-refractivity contribution in [2.24, 2.45) is 17.6 Å². The van der Waals surface area contributed by atoms with E-state index < -0.39 is 0 Å². The van der Waals surface area contributed by atoms with Gasteiger partial charge in [0.2, 0.25) is 0 Å². The lowest BCUT2D eigenvalue weighted by molar-refractivity contribution is 0.394. The second-order valence-electron chi connectivity index (χ2n) is 4.47. The van der Waals surface area contributed by atoms with Gasteiger partial charge in [0.15, 0.2) is 0 Å². The van der Waals surface area contributed by atoms with Gasteiger partial charge in [-0.15, -0.1) is 11.3 Å². The van der Waals surface area contributed by atoms with E-state index in [9.17, 15) is 0 Å². The van der Waals surface area contributed by atoms with E-state index in [1.165, 1.54) is 9.71 Å². The molecule has 1 heterocycles. The highest BCUT2D eigenvalue weighted by molar-refractivity contribution is 7.18. The monoisotopic (exact) mass is 234 g/mol. The van der Waals surface area contributed by atoms with Crippen LogP contribution >= 0.6 is 11.3 Å². The molecule has 0 spiro atoms. The van der Waals surface area contributed by atoms with Crippen molar-refractivity contribution in [2.75, 3.05) is 6.54 Å². The third-order valence-corrected chi connectivity index (χ3v) is 4.24. The Morgan fingerprint density at radius 1 is 1.25 bits per heavy atom. The lowest BCUT2D eigenvalue weighted by atomic mass is 9.93. The number of para-hydroxylation sites is 1. The normalized spacial score (nSPS) is 15.2. The van der Waals surface area contributed by atoms with Gasteiger partial charge in [-0.3, -0.25) is 0 Å². The number of benzene rings is 1. The highest BCUT2D eigenvalue weighted by Crippen LogP contribution is 2.25. The topological polar surface area (TPSA) is 38.9 Å². The maximum Gasteiger partial charge on any atom is 0.0941 e. The molecule has 2 atom stereocenters. The molecule has 2 aromatic rings. The van der Waals surface area contributed by atoms with Gasteiger partial charge in [0.25, 0.3) is 0 Å². The zero-order valence-electron chi connectivity index (χ0n) is 9.81. The number of aromatic nitrogens is 1. The molecule has 2 N–H and O–H groups in total. The average Bonchev–Trinajstić information content (AvgIpc) is 2.69. The first-order chi connectivity index (χ1) is 7.70. The molecule has 0 aliphatic carbocycles. The molecule has 2 unspecified atom stereocenters. The third-order valence-electron chi connectivity index (χ3n) is 3.18. The van der Waals surface area contributed by atoms with Crippen molar-refractivity contribution in [1.82, 2.24) is 4.98 Å². The van der Waals surface area contributed by atoms with Gasteiger partial charge in [-0.25, -0.2) is 4.98 Å². The smallest absolute Gasteiger partial charge is 0.0941 e. The van der Waals surface area contributed by atoms with Crippen molar-refractivity contribution in [3.05, 3.63) is 29.3 Å². The van der Waals surface area contributed by atoms with Crippen molar-refractivity contribution in [2.45, 2.75) is 20.3 Å². The van der Waals surface area contributed by atoms with Crippen LogP contribution in [0.3, 0.4) is 0 Å².